The van der Waals surface area contributed by atoms with Gasteiger partial charge in [-0.2, -0.15) is 0 Å². The number of carbonyl (C=O) groups excluding carboxylic acids is 1. The fourth-order valence-electron chi connectivity index (χ4n) is 1.58. The summed E-state index contributed by atoms with van der Waals surface area (Å²) in [5, 5.41) is 2.72. The molecule has 104 valence electrons. The summed E-state index contributed by atoms with van der Waals surface area (Å²) in [6.07, 6.45) is 1.68. The van der Waals surface area contributed by atoms with E-state index in [1.807, 2.05) is 6.07 Å². The molecule has 1 amide bonds. The number of nitrogens with one attached hydrogen (secondary N) is 1. The molecule has 2 aromatic rings. The van der Waals surface area contributed by atoms with Gasteiger partial charge in [0, 0.05) is 21.4 Å². The number of benzene rings is 1. The van der Waals surface area contributed by atoms with Crippen LogP contribution in [0.1, 0.15) is 10.4 Å². The smallest absolute Gasteiger partial charge is 0.257 e. The van der Waals surface area contributed by atoms with Crippen LogP contribution >= 0.6 is 22.6 Å². The largest absolute Gasteiger partial charge is 0.497 e. The van der Waals surface area contributed by atoms with Crippen LogP contribution in [0.4, 0.5) is 5.82 Å². The van der Waals surface area contributed by atoms with E-state index in [1.54, 1.807) is 30.5 Å². The number of nitrogens with zero attached hydrogens (tertiary/aromatic N) is 1. The number of carbonyl (C=O) groups is 1. The van der Waals surface area contributed by atoms with Crippen LogP contribution in [0.3, 0.4) is 0 Å². The van der Waals surface area contributed by atoms with Crippen LogP contribution in [0, 0.1) is 3.57 Å². The fourth-order valence-corrected chi connectivity index (χ4v) is 1.90. The third-order valence-corrected chi connectivity index (χ3v) is 3.22. The number of aromatic nitrogens is 1. The molecule has 0 atom stereocenters. The standard InChI is InChI=1S/C14H13IN2O3/c1-19-11-5-9(6-12(7-11)20-2)14(18)17-13-4-3-10(15)8-16-13/h3-8H,1-2H3,(H,16,17,18). The molecule has 0 spiro atoms. The van der Waals surface area contributed by atoms with E-state index < -0.39 is 0 Å². The zero-order valence-corrected chi connectivity index (χ0v) is 13.2. The highest BCUT2D eigenvalue weighted by Crippen LogP contribution is 2.23. The van der Waals surface area contributed by atoms with Gasteiger partial charge in [-0.25, -0.2) is 4.98 Å². The van der Waals surface area contributed by atoms with Gasteiger partial charge < -0.3 is 14.8 Å². The van der Waals surface area contributed by atoms with Gasteiger partial charge in [0.2, 0.25) is 0 Å². The average molecular weight is 384 g/mol. The highest BCUT2D eigenvalue weighted by molar-refractivity contribution is 14.1. The summed E-state index contributed by atoms with van der Waals surface area (Å²) in [6, 6.07) is 8.61. The third kappa shape index (κ3) is 3.60. The average Bonchev–Trinajstić information content (AvgIpc) is 2.48. The van der Waals surface area contributed by atoms with Gasteiger partial charge in [-0.3, -0.25) is 4.79 Å². The summed E-state index contributed by atoms with van der Waals surface area (Å²) in [5.41, 5.74) is 0.446. The van der Waals surface area contributed by atoms with Crippen molar-refractivity contribution in [3.8, 4) is 11.5 Å². The van der Waals surface area contributed by atoms with Gasteiger partial charge in [0.25, 0.3) is 5.91 Å². The molecule has 2 rings (SSSR count). The minimum Gasteiger partial charge on any atom is -0.497 e. The number of hydrogen-bond acceptors (Lipinski definition) is 4. The lowest BCUT2D eigenvalue weighted by Crippen LogP contribution is -2.13. The van der Waals surface area contributed by atoms with Crippen LogP contribution in [0.5, 0.6) is 11.5 Å². The summed E-state index contributed by atoms with van der Waals surface area (Å²) in [5.74, 6) is 1.35. The van der Waals surface area contributed by atoms with Crippen LogP contribution < -0.4 is 14.8 Å². The first-order chi connectivity index (χ1) is 9.62. The molecule has 5 nitrogen and oxygen atoms in total. The Hall–Kier alpha value is -1.83. The lowest BCUT2D eigenvalue weighted by molar-refractivity contribution is 0.102. The Kier molecular flexibility index (Phi) is 4.78. The maximum atomic E-state index is 12.2. The van der Waals surface area contributed by atoms with Gasteiger partial charge in [-0.1, -0.05) is 0 Å². The predicted octanol–water partition coefficient (Wildman–Crippen LogP) is 2.96. The maximum Gasteiger partial charge on any atom is 0.257 e. The maximum absolute atomic E-state index is 12.2. The van der Waals surface area contributed by atoms with E-state index in [1.165, 1.54) is 14.2 Å². The van der Waals surface area contributed by atoms with E-state index in [0.29, 0.717) is 22.9 Å². The number of hydrogen-bond donors (Lipinski definition) is 1. The second-order valence-electron chi connectivity index (χ2n) is 3.92. The molecule has 1 aromatic carbocycles. The SMILES string of the molecule is COc1cc(OC)cc(C(=O)Nc2ccc(I)cn2)c1. The Morgan fingerprint density at radius 3 is 2.30 bits per heavy atom. The van der Waals surface area contributed by atoms with Crippen LogP contribution in [-0.4, -0.2) is 25.1 Å². The zero-order valence-electron chi connectivity index (χ0n) is 11.0. The molecule has 0 saturated carbocycles. The molecule has 0 aliphatic heterocycles. The van der Waals surface area contributed by atoms with Crippen molar-refractivity contribution in [3.05, 3.63) is 45.7 Å². The van der Waals surface area contributed by atoms with E-state index in [0.717, 1.165) is 3.57 Å². The Balaban J connectivity index is 2.22. The summed E-state index contributed by atoms with van der Waals surface area (Å²) in [7, 11) is 3.08. The Morgan fingerprint density at radius 1 is 1.15 bits per heavy atom. The van der Waals surface area contributed by atoms with Gasteiger partial charge in [0.05, 0.1) is 14.2 Å². The Labute approximate surface area is 130 Å². The molecule has 1 aromatic heterocycles. The van der Waals surface area contributed by atoms with Gasteiger partial charge in [-0.15, -0.1) is 0 Å². The summed E-state index contributed by atoms with van der Waals surface area (Å²) < 4.78 is 11.3. The first-order valence-corrected chi connectivity index (χ1v) is 6.86. The normalized spacial score (nSPS) is 9.95. The summed E-state index contributed by atoms with van der Waals surface area (Å²) in [4.78, 5) is 16.3. The van der Waals surface area contributed by atoms with Crippen LogP contribution in [0.25, 0.3) is 0 Å². The van der Waals surface area contributed by atoms with Gasteiger partial charge in [0.1, 0.15) is 17.3 Å². The van der Waals surface area contributed by atoms with E-state index >= 15 is 0 Å². The highest BCUT2D eigenvalue weighted by Gasteiger charge is 2.10. The molecular weight excluding hydrogens is 371 g/mol. The van der Waals surface area contributed by atoms with Crippen LogP contribution in [0.2, 0.25) is 0 Å². The minimum atomic E-state index is -0.268. The van der Waals surface area contributed by atoms with Crippen molar-refractivity contribution >= 4 is 34.3 Å². The van der Waals surface area contributed by atoms with Crippen molar-refractivity contribution in [1.82, 2.24) is 4.98 Å². The summed E-state index contributed by atoms with van der Waals surface area (Å²) >= 11 is 2.15. The van der Waals surface area contributed by atoms with Crippen molar-refractivity contribution in [3.63, 3.8) is 0 Å². The fraction of sp³-hybridized carbons (Fsp3) is 0.143. The summed E-state index contributed by atoms with van der Waals surface area (Å²) in [6.45, 7) is 0. The van der Waals surface area contributed by atoms with Gasteiger partial charge in [0.15, 0.2) is 0 Å². The van der Waals surface area contributed by atoms with Crippen molar-refractivity contribution < 1.29 is 14.3 Å². The lowest BCUT2D eigenvalue weighted by atomic mass is 10.2. The van der Waals surface area contributed by atoms with Crippen molar-refractivity contribution in [2.45, 2.75) is 0 Å². The molecule has 0 unspecified atom stereocenters. The number of pyridine rings is 1. The van der Waals surface area contributed by atoms with E-state index in [9.17, 15) is 4.79 Å². The van der Waals surface area contributed by atoms with Gasteiger partial charge >= 0.3 is 0 Å². The quantitative estimate of drug-likeness (QED) is 0.824. The Morgan fingerprint density at radius 2 is 1.80 bits per heavy atom. The molecule has 20 heavy (non-hydrogen) atoms. The Bertz CT molecular complexity index is 592. The molecule has 0 aliphatic carbocycles. The first-order valence-electron chi connectivity index (χ1n) is 5.78. The molecule has 0 saturated heterocycles. The first kappa shape index (κ1) is 14.6. The molecule has 6 heteroatoms. The number of ether oxygens (including phenoxy) is 2. The van der Waals surface area contributed by atoms with E-state index in [2.05, 4.69) is 32.9 Å². The van der Waals surface area contributed by atoms with E-state index in [-0.39, 0.29) is 5.91 Å². The number of methoxy groups -OCH3 is 2. The van der Waals surface area contributed by atoms with Crippen molar-refractivity contribution in [2.24, 2.45) is 0 Å². The van der Waals surface area contributed by atoms with Crippen molar-refractivity contribution in [2.75, 3.05) is 19.5 Å². The molecule has 0 fully saturated rings. The lowest BCUT2D eigenvalue weighted by Gasteiger charge is -2.09. The number of anilines is 1. The van der Waals surface area contributed by atoms with Crippen LogP contribution in [0.15, 0.2) is 36.5 Å². The van der Waals surface area contributed by atoms with Crippen LogP contribution in [-0.2, 0) is 0 Å². The monoisotopic (exact) mass is 384 g/mol. The minimum absolute atomic E-state index is 0.268. The molecular formula is C14H13IN2O3. The van der Waals surface area contributed by atoms with Gasteiger partial charge in [-0.05, 0) is 46.9 Å². The number of rotatable bonds is 4. The second kappa shape index (κ2) is 6.56. The molecule has 1 heterocycles. The molecule has 0 bridgehead atoms. The number of halogens is 1. The second-order valence-corrected chi connectivity index (χ2v) is 5.16. The topological polar surface area (TPSA) is 60.5 Å². The zero-order chi connectivity index (χ0) is 14.5. The highest BCUT2D eigenvalue weighted by atomic mass is 127. The van der Waals surface area contributed by atoms with E-state index in [4.69, 9.17) is 9.47 Å². The third-order valence-electron chi connectivity index (χ3n) is 2.58. The molecule has 0 radical (unpaired) electrons. The molecule has 1 N–H and O–H groups in total. The van der Waals surface area contributed by atoms with Crippen molar-refractivity contribution in [1.29, 1.82) is 0 Å². The molecule has 0 aliphatic rings. The number of amides is 1. The predicted molar refractivity (Wildman–Crippen MR) is 84.5 cm³/mol.